The number of rotatable bonds is 3. The zero-order valence-corrected chi connectivity index (χ0v) is 12.4. The van der Waals surface area contributed by atoms with Crippen LogP contribution in [0.5, 0.6) is 11.5 Å². The molecule has 2 aliphatic heterocycles. The lowest BCUT2D eigenvalue weighted by atomic mass is 9.95. The van der Waals surface area contributed by atoms with Crippen molar-refractivity contribution in [2.75, 3.05) is 6.61 Å². The number of ketones is 1. The van der Waals surface area contributed by atoms with Gasteiger partial charge in [-0.2, -0.15) is 0 Å². The van der Waals surface area contributed by atoms with Crippen LogP contribution in [-0.4, -0.2) is 30.6 Å². The Balaban J connectivity index is 2.10. The Morgan fingerprint density at radius 3 is 2.67 bits per heavy atom. The van der Waals surface area contributed by atoms with E-state index in [1.54, 1.807) is 6.92 Å². The van der Waals surface area contributed by atoms with Crippen LogP contribution in [0, 0.1) is 0 Å². The molecule has 0 radical (unpaired) electrons. The Morgan fingerprint density at radius 2 is 1.95 bits per heavy atom. The zero-order valence-electron chi connectivity index (χ0n) is 12.4. The normalized spacial score (nSPS) is 22.0. The maximum atomic E-state index is 12.5. The molecule has 0 saturated heterocycles. The minimum absolute atomic E-state index is 0.00584. The number of carbonyl (C=O) groups excluding carboxylic acids is 2. The van der Waals surface area contributed by atoms with Gasteiger partial charge in [0, 0.05) is 24.0 Å². The number of ether oxygens (including phenoxy) is 3. The van der Waals surface area contributed by atoms with Crippen LogP contribution in [0.2, 0.25) is 0 Å². The van der Waals surface area contributed by atoms with Gasteiger partial charge in [0.2, 0.25) is 0 Å². The van der Waals surface area contributed by atoms with Gasteiger partial charge in [-0.15, -0.1) is 0 Å². The van der Waals surface area contributed by atoms with Crippen LogP contribution in [0.3, 0.4) is 0 Å². The standard InChI is InChI=1S/C16H18O5/c1-4-19-16(18)14(17)13-11-6-9(3)20-12(11)7-10-5-8(2)21-15(10)13/h7-9H,4-6H2,1-3H3. The van der Waals surface area contributed by atoms with E-state index in [1.165, 1.54) is 0 Å². The number of esters is 1. The lowest BCUT2D eigenvalue weighted by Crippen LogP contribution is -2.20. The van der Waals surface area contributed by atoms with Crippen molar-refractivity contribution in [3.63, 3.8) is 0 Å². The fraction of sp³-hybridized carbons (Fsp3) is 0.500. The Bertz CT molecular complexity index is 583. The fourth-order valence-electron chi connectivity index (χ4n) is 2.96. The first-order chi connectivity index (χ1) is 10.0. The third-order valence-electron chi connectivity index (χ3n) is 3.76. The Labute approximate surface area is 123 Å². The smallest absolute Gasteiger partial charge is 0.379 e. The van der Waals surface area contributed by atoms with Gasteiger partial charge >= 0.3 is 5.97 Å². The van der Waals surface area contributed by atoms with E-state index in [4.69, 9.17) is 14.2 Å². The maximum absolute atomic E-state index is 12.5. The molecule has 112 valence electrons. The topological polar surface area (TPSA) is 61.8 Å². The van der Waals surface area contributed by atoms with Crippen LogP contribution < -0.4 is 9.47 Å². The predicted molar refractivity (Wildman–Crippen MR) is 75.0 cm³/mol. The van der Waals surface area contributed by atoms with Crippen molar-refractivity contribution >= 4 is 11.8 Å². The highest BCUT2D eigenvalue weighted by molar-refractivity contribution is 6.42. The fourth-order valence-corrected chi connectivity index (χ4v) is 2.96. The molecule has 0 amide bonds. The minimum Gasteiger partial charge on any atom is -0.490 e. The summed E-state index contributed by atoms with van der Waals surface area (Å²) < 4.78 is 16.3. The van der Waals surface area contributed by atoms with E-state index in [2.05, 4.69) is 0 Å². The second-order valence-corrected chi connectivity index (χ2v) is 5.53. The van der Waals surface area contributed by atoms with E-state index in [9.17, 15) is 9.59 Å². The van der Waals surface area contributed by atoms with Crippen molar-refractivity contribution in [3.8, 4) is 11.5 Å². The van der Waals surface area contributed by atoms with Gasteiger partial charge < -0.3 is 14.2 Å². The first-order valence-corrected chi connectivity index (χ1v) is 7.24. The van der Waals surface area contributed by atoms with E-state index >= 15 is 0 Å². The molecule has 1 aromatic rings. The van der Waals surface area contributed by atoms with Gasteiger partial charge in [0.25, 0.3) is 5.78 Å². The second kappa shape index (κ2) is 5.06. The van der Waals surface area contributed by atoms with Gasteiger partial charge in [-0.1, -0.05) is 0 Å². The molecule has 5 nitrogen and oxygen atoms in total. The summed E-state index contributed by atoms with van der Waals surface area (Å²) in [5, 5.41) is 0. The SMILES string of the molecule is CCOC(=O)C(=O)c1c2c(cc3c1OC(C)C3)OC(C)C2. The molecule has 0 fully saturated rings. The summed E-state index contributed by atoms with van der Waals surface area (Å²) in [6, 6.07) is 1.93. The Hall–Kier alpha value is -2.04. The summed E-state index contributed by atoms with van der Waals surface area (Å²) in [6.45, 7) is 5.72. The number of Topliss-reactive ketones (excluding diaryl/α,β-unsaturated/α-hetero) is 1. The predicted octanol–water partition coefficient (Wildman–Crippen LogP) is 2.08. The second-order valence-electron chi connectivity index (χ2n) is 5.53. The lowest BCUT2D eigenvalue weighted by Gasteiger charge is -2.12. The molecule has 2 atom stereocenters. The molecule has 21 heavy (non-hydrogen) atoms. The molecule has 0 aliphatic carbocycles. The van der Waals surface area contributed by atoms with E-state index < -0.39 is 11.8 Å². The molecule has 1 aromatic carbocycles. The molecule has 0 aromatic heterocycles. The van der Waals surface area contributed by atoms with Gasteiger partial charge in [-0.25, -0.2) is 4.79 Å². The summed E-state index contributed by atoms with van der Waals surface area (Å²) in [6.07, 6.45) is 1.30. The van der Waals surface area contributed by atoms with Gasteiger partial charge in [0.05, 0.1) is 12.2 Å². The third-order valence-corrected chi connectivity index (χ3v) is 3.76. The van der Waals surface area contributed by atoms with Crippen molar-refractivity contribution in [2.24, 2.45) is 0 Å². The van der Waals surface area contributed by atoms with Crippen molar-refractivity contribution in [1.29, 1.82) is 0 Å². The van der Waals surface area contributed by atoms with Crippen LogP contribution in [-0.2, 0) is 22.4 Å². The molecular weight excluding hydrogens is 272 g/mol. The molecule has 0 bridgehead atoms. The molecule has 0 saturated carbocycles. The number of hydrogen-bond acceptors (Lipinski definition) is 5. The van der Waals surface area contributed by atoms with Crippen LogP contribution in [0.25, 0.3) is 0 Å². The zero-order chi connectivity index (χ0) is 15.1. The highest BCUT2D eigenvalue weighted by Crippen LogP contribution is 2.43. The highest BCUT2D eigenvalue weighted by Gasteiger charge is 2.36. The molecule has 5 heteroatoms. The largest absolute Gasteiger partial charge is 0.490 e. The van der Waals surface area contributed by atoms with Crippen LogP contribution >= 0.6 is 0 Å². The number of hydrogen-bond donors (Lipinski definition) is 0. The first kappa shape index (κ1) is 13.9. The summed E-state index contributed by atoms with van der Waals surface area (Å²) >= 11 is 0. The average Bonchev–Trinajstić information content (AvgIpc) is 2.95. The van der Waals surface area contributed by atoms with Crippen molar-refractivity contribution in [1.82, 2.24) is 0 Å². The molecular formula is C16H18O5. The number of carbonyl (C=O) groups is 2. The quantitative estimate of drug-likeness (QED) is 0.484. The summed E-state index contributed by atoms with van der Waals surface area (Å²) in [4.78, 5) is 24.3. The monoisotopic (exact) mass is 290 g/mol. The molecule has 0 N–H and O–H groups in total. The van der Waals surface area contributed by atoms with E-state index in [0.717, 1.165) is 11.1 Å². The van der Waals surface area contributed by atoms with Crippen molar-refractivity contribution in [3.05, 3.63) is 22.8 Å². The highest BCUT2D eigenvalue weighted by atomic mass is 16.5. The first-order valence-electron chi connectivity index (χ1n) is 7.24. The van der Waals surface area contributed by atoms with Crippen LogP contribution in [0.15, 0.2) is 6.07 Å². The van der Waals surface area contributed by atoms with Gasteiger partial charge in [0.15, 0.2) is 0 Å². The molecule has 2 unspecified atom stereocenters. The van der Waals surface area contributed by atoms with Crippen molar-refractivity contribution < 1.29 is 23.8 Å². The average molecular weight is 290 g/mol. The molecule has 2 heterocycles. The van der Waals surface area contributed by atoms with Gasteiger partial charge in [-0.05, 0) is 26.8 Å². The summed E-state index contributed by atoms with van der Waals surface area (Å²) in [5.41, 5.74) is 2.01. The summed E-state index contributed by atoms with van der Waals surface area (Å²) in [5.74, 6) is -0.267. The number of fused-ring (bicyclic) bond motifs is 2. The maximum Gasteiger partial charge on any atom is 0.379 e. The summed E-state index contributed by atoms with van der Waals surface area (Å²) in [7, 11) is 0. The van der Waals surface area contributed by atoms with Crippen LogP contribution in [0.4, 0.5) is 0 Å². The lowest BCUT2D eigenvalue weighted by molar-refractivity contribution is -0.137. The Morgan fingerprint density at radius 1 is 1.24 bits per heavy atom. The Kier molecular flexibility index (Phi) is 3.35. The van der Waals surface area contributed by atoms with Gasteiger partial charge in [0.1, 0.15) is 23.7 Å². The van der Waals surface area contributed by atoms with E-state index in [1.807, 2.05) is 19.9 Å². The molecule has 0 spiro atoms. The minimum atomic E-state index is -0.837. The number of benzene rings is 1. The van der Waals surface area contributed by atoms with E-state index in [0.29, 0.717) is 29.9 Å². The van der Waals surface area contributed by atoms with Gasteiger partial charge in [-0.3, -0.25) is 4.79 Å². The van der Waals surface area contributed by atoms with Crippen LogP contribution in [0.1, 0.15) is 42.3 Å². The molecule has 3 rings (SSSR count). The molecule has 2 aliphatic rings. The van der Waals surface area contributed by atoms with E-state index in [-0.39, 0.29) is 18.8 Å². The van der Waals surface area contributed by atoms with Crippen molar-refractivity contribution in [2.45, 2.75) is 45.8 Å². The third kappa shape index (κ3) is 2.26.